The lowest BCUT2D eigenvalue weighted by molar-refractivity contribution is -0.121. The number of aromatic nitrogens is 4. The molecule has 0 aliphatic rings. The SMILES string of the molecule is CCCSc1nc(NC(C)C)c2cnn(CCNC(=O)CC(c3ccccc3)c3ccccc3)c2n1. The summed E-state index contributed by atoms with van der Waals surface area (Å²) in [4.78, 5) is 22.4. The van der Waals surface area contributed by atoms with Gasteiger partial charge in [0, 0.05) is 30.7 Å². The predicted molar refractivity (Wildman–Crippen MR) is 147 cm³/mol. The Labute approximate surface area is 217 Å². The third-order valence-corrected chi connectivity index (χ3v) is 6.83. The van der Waals surface area contributed by atoms with Gasteiger partial charge in [-0.2, -0.15) is 5.10 Å². The molecule has 0 bridgehead atoms. The van der Waals surface area contributed by atoms with Crippen molar-refractivity contribution >= 4 is 34.5 Å². The fourth-order valence-electron chi connectivity index (χ4n) is 4.10. The minimum atomic E-state index is 0.00786. The lowest BCUT2D eigenvalue weighted by atomic mass is 9.88. The Morgan fingerprint density at radius 2 is 1.67 bits per heavy atom. The topological polar surface area (TPSA) is 84.7 Å². The van der Waals surface area contributed by atoms with E-state index in [4.69, 9.17) is 9.97 Å². The van der Waals surface area contributed by atoms with Crippen molar-refractivity contribution in [1.82, 2.24) is 25.1 Å². The van der Waals surface area contributed by atoms with Crippen LogP contribution in [0.15, 0.2) is 72.0 Å². The highest BCUT2D eigenvalue weighted by molar-refractivity contribution is 7.99. The Balaban J connectivity index is 1.45. The first-order valence-corrected chi connectivity index (χ1v) is 13.5. The number of carbonyl (C=O) groups excluding carboxylic acids is 1. The minimum absolute atomic E-state index is 0.00786. The largest absolute Gasteiger partial charge is 0.367 e. The number of fused-ring (bicyclic) bond motifs is 1. The quantitative estimate of drug-likeness (QED) is 0.197. The monoisotopic (exact) mass is 502 g/mol. The number of hydrogen-bond acceptors (Lipinski definition) is 6. The highest BCUT2D eigenvalue weighted by Gasteiger charge is 2.18. The summed E-state index contributed by atoms with van der Waals surface area (Å²) in [6.07, 6.45) is 3.24. The molecule has 2 heterocycles. The molecule has 0 aliphatic carbocycles. The summed E-state index contributed by atoms with van der Waals surface area (Å²) in [5, 5.41) is 12.7. The maximum absolute atomic E-state index is 13.0. The van der Waals surface area contributed by atoms with Gasteiger partial charge in [-0.3, -0.25) is 4.79 Å². The van der Waals surface area contributed by atoms with Crippen molar-refractivity contribution in [1.29, 1.82) is 0 Å². The van der Waals surface area contributed by atoms with E-state index in [1.165, 1.54) is 0 Å². The molecule has 0 aliphatic heterocycles. The molecule has 0 spiro atoms. The molecule has 8 heteroatoms. The minimum Gasteiger partial charge on any atom is -0.367 e. The third-order valence-electron chi connectivity index (χ3n) is 5.78. The molecule has 0 saturated heterocycles. The normalized spacial score (nSPS) is 11.4. The zero-order valence-corrected chi connectivity index (χ0v) is 22.0. The Morgan fingerprint density at radius 1 is 1.00 bits per heavy atom. The maximum atomic E-state index is 13.0. The summed E-state index contributed by atoms with van der Waals surface area (Å²) in [5.41, 5.74) is 3.05. The van der Waals surface area contributed by atoms with Gasteiger partial charge in [0.1, 0.15) is 5.82 Å². The molecule has 1 amide bonds. The van der Waals surface area contributed by atoms with Crippen LogP contribution in [0.5, 0.6) is 0 Å². The smallest absolute Gasteiger partial charge is 0.221 e. The molecule has 2 aromatic heterocycles. The van der Waals surface area contributed by atoms with Crippen LogP contribution < -0.4 is 10.6 Å². The number of nitrogens with one attached hydrogen (secondary N) is 2. The average molecular weight is 503 g/mol. The van der Waals surface area contributed by atoms with Gasteiger partial charge in [0.05, 0.1) is 18.1 Å². The second-order valence-electron chi connectivity index (χ2n) is 9.04. The van der Waals surface area contributed by atoms with Gasteiger partial charge in [-0.25, -0.2) is 14.6 Å². The maximum Gasteiger partial charge on any atom is 0.221 e. The molecule has 2 N–H and O–H groups in total. The lowest BCUT2D eigenvalue weighted by Crippen LogP contribution is -2.29. The van der Waals surface area contributed by atoms with Crippen molar-refractivity contribution in [2.75, 3.05) is 17.6 Å². The molecular formula is C28H34N6OS. The van der Waals surface area contributed by atoms with Crippen molar-refractivity contribution in [3.8, 4) is 0 Å². The lowest BCUT2D eigenvalue weighted by Gasteiger charge is -2.18. The van der Waals surface area contributed by atoms with Crippen molar-refractivity contribution < 1.29 is 4.79 Å². The van der Waals surface area contributed by atoms with Crippen LogP contribution in [0.2, 0.25) is 0 Å². The van der Waals surface area contributed by atoms with Gasteiger partial charge >= 0.3 is 0 Å². The predicted octanol–water partition coefficient (Wildman–Crippen LogP) is 5.49. The van der Waals surface area contributed by atoms with E-state index in [1.807, 2.05) is 41.1 Å². The highest BCUT2D eigenvalue weighted by atomic mass is 32.2. The van der Waals surface area contributed by atoms with Crippen LogP contribution in [0, 0.1) is 0 Å². The van der Waals surface area contributed by atoms with E-state index in [2.05, 4.69) is 60.8 Å². The second kappa shape index (κ2) is 12.5. The standard InChI is InChI=1S/C28H34N6OS/c1-4-17-36-28-32-26(31-20(2)3)24-19-30-34(27(24)33-28)16-15-29-25(35)18-23(21-11-7-5-8-12-21)22-13-9-6-10-14-22/h5-14,19-20,23H,4,15-18H2,1-3H3,(H,29,35)(H,31,32,33). The summed E-state index contributed by atoms with van der Waals surface area (Å²) >= 11 is 1.65. The van der Waals surface area contributed by atoms with Gasteiger partial charge in [-0.1, -0.05) is 79.3 Å². The van der Waals surface area contributed by atoms with Gasteiger partial charge < -0.3 is 10.6 Å². The van der Waals surface area contributed by atoms with E-state index in [-0.39, 0.29) is 17.9 Å². The molecule has 0 fully saturated rings. The van der Waals surface area contributed by atoms with Gasteiger partial charge in [-0.15, -0.1) is 0 Å². The van der Waals surface area contributed by atoms with Gasteiger partial charge in [0.25, 0.3) is 0 Å². The number of anilines is 1. The van der Waals surface area contributed by atoms with Gasteiger partial charge in [0.2, 0.25) is 5.91 Å². The Kier molecular flexibility index (Phi) is 8.95. The van der Waals surface area contributed by atoms with Crippen LogP contribution in [0.3, 0.4) is 0 Å². The summed E-state index contributed by atoms with van der Waals surface area (Å²) in [7, 11) is 0. The number of amides is 1. The summed E-state index contributed by atoms with van der Waals surface area (Å²) in [6.45, 7) is 7.33. The molecule has 4 aromatic rings. The number of thioether (sulfide) groups is 1. The number of hydrogen-bond donors (Lipinski definition) is 2. The molecular weight excluding hydrogens is 468 g/mol. The summed E-state index contributed by atoms with van der Waals surface area (Å²) in [5.74, 6) is 1.78. The third kappa shape index (κ3) is 6.63. The van der Waals surface area contributed by atoms with E-state index >= 15 is 0 Å². The van der Waals surface area contributed by atoms with Crippen LogP contribution in [0.25, 0.3) is 11.0 Å². The fraction of sp³-hybridized carbons (Fsp3) is 0.357. The van der Waals surface area contributed by atoms with Crippen LogP contribution in [-0.4, -0.2) is 44.0 Å². The Bertz CT molecular complexity index is 1220. The van der Waals surface area contributed by atoms with Crippen LogP contribution >= 0.6 is 11.8 Å². The van der Waals surface area contributed by atoms with E-state index in [9.17, 15) is 4.79 Å². The van der Waals surface area contributed by atoms with E-state index in [0.29, 0.717) is 19.5 Å². The van der Waals surface area contributed by atoms with Crippen molar-refractivity contribution in [2.24, 2.45) is 0 Å². The number of benzene rings is 2. The molecule has 0 saturated carbocycles. The first-order chi connectivity index (χ1) is 17.5. The zero-order valence-electron chi connectivity index (χ0n) is 21.1. The fourth-order valence-corrected chi connectivity index (χ4v) is 4.79. The van der Waals surface area contributed by atoms with Crippen LogP contribution in [0.1, 0.15) is 50.7 Å². The average Bonchev–Trinajstić information content (AvgIpc) is 3.30. The van der Waals surface area contributed by atoms with Gasteiger partial charge in [0.15, 0.2) is 10.8 Å². The van der Waals surface area contributed by atoms with E-state index in [0.717, 1.165) is 45.3 Å². The number of carbonyl (C=O) groups is 1. The molecule has 188 valence electrons. The second-order valence-corrected chi connectivity index (χ2v) is 10.1. The van der Waals surface area contributed by atoms with Crippen LogP contribution in [-0.2, 0) is 11.3 Å². The van der Waals surface area contributed by atoms with Crippen molar-refractivity contribution in [3.63, 3.8) is 0 Å². The van der Waals surface area contributed by atoms with Gasteiger partial charge in [-0.05, 0) is 31.4 Å². The Hall–Kier alpha value is -3.39. The molecule has 0 radical (unpaired) electrons. The van der Waals surface area contributed by atoms with Crippen LogP contribution in [0.4, 0.5) is 5.82 Å². The highest BCUT2D eigenvalue weighted by Crippen LogP contribution is 2.28. The van der Waals surface area contributed by atoms with E-state index in [1.54, 1.807) is 18.0 Å². The first-order valence-electron chi connectivity index (χ1n) is 12.5. The molecule has 7 nitrogen and oxygen atoms in total. The van der Waals surface area contributed by atoms with Crippen molar-refractivity contribution in [3.05, 3.63) is 78.0 Å². The van der Waals surface area contributed by atoms with Crippen molar-refractivity contribution in [2.45, 2.75) is 57.3 Å². The summed E-state index contributed by atoms with van der Waals surface area (Å²) < 4.78 is 1.85. The summed E-state index contributed by atoms with van der Waals surface area (Å²) in [6, 6.07) is 20.6. The Morgan fingerprint density at radius 3 is 2.28 bits per heavy atom. The molecule has 36 heavy (non-hydrogen) atoms. The molecule has 2 aromatic carbocycles. The number of rotatable bonds is 12. The molecule has 4 rings (SSSR count). The molecule has 0 unspecified atom stereocenters. The number of nitrogens with zero attached hydrogens (tertiary/aromatic N) is 4. The zero-order chi connectivity index (χ0) is 25.3. The van der Waals surface area contributed by atoms with E-state index < -0.39 is 0 Å². The first kappa shape index (κ1) is 25.7. The molecule has 0 atom stereocenters.